The van der Waals surface area contributed by atoms with Crippen LogP contribution in [-0.4, -0.2) is 18.2 Å². The first kappa shape index (κ1) is 8.25. The predicted octanol–water partition coefficient (Wildman–Crippen LogP) is 1.33. The Kier molecular flexibility index (Phi) is 1.58. The van der Waals surface area contributed by atoms with Crippen molar-refractivity contribution in [3.05, 3.63) is 0 Å². The summed E-state index contributed by atoms with van der Waals surface area (Å²) >= 11 is 0. The third kappa shape index (κ3) is 1.15. The summed E-state index contributed by atoms with van der Waals surface area (Å²) in [7, 11) is 0. The second kappa shape index (κ2) is 2.48. The maximum absolute atomic E-state index is 3.77. The molecule has 1 saturated heterocycles. The Balaban J connectivity index is 1.81. The Morgan fingerprint density at radius 3 is 2.77 bits per heavy atom. The number of rotatable bonds is 0. The fourth-order valence-corrected chi connectivity index (χ4v) is 3.77. The van der Waals surface area contributed by atoms with E-state index in [0.717, 1.165) is 23.8 Å². The number of fused-ring (bicyclic) bond motifs is 5. The Bertz CT molecular complexity index is 224. The Hall–Kier alpha value is -0.0800. The highest BCUT2D eigenvalue weighted by Crippen LogP contribution is 2.49. The number of nitrogens with one attached hydrogen (secondary N) is 2. The van der Waals surface area contributed by atoms with Gasteiger partial charge in [0.2, 0.25) is 0 Å². The van der Waals surface area contributed by atoms with Gasteiger partial charge in [0, 0.05) is 12.6 Å². The first-order valence-corrected chi connectivity index (χ1v) is 5.68. The van der Waals surface area contributed by atoms with Gasteiger partial charge in [0.1, 0.15) is 0 Å². The zero-order chi connectivity index (χ0) is 9.05. The summed E-state index contributed by atoms with van der Waals surface area (Å²) in [6, 6.07) is 0.829. The summed E-state index contributed by atoms with van der Waals surface area (Å²) < 4.78 is 0. The molecule has 0 radical (unpaired) electrons. The van der Waals surface area contributed by atoms with Crippen molar-refractivity contribution in [3.63, 3.8) is 0 Å². The standard InChI is InChI=1S/C11H20N2/c1-11(2)12-6-9-7-3-4-8(5-7)10(9)13-11/h7-10,12-13H,3-6H2,1-2H3. The van der Waals surface area contributed by atoms with Gasteiger partial charge in [-0.05, 0) is 50.9 Å². The van der Waals surface area contributed by atoms with E-state index in [0.29, 0.717) is 0 Å². The maximum atomic E-state index is 3.77. The van der Waals surface area contributed by atoms with Gasteiger partial charge >= 0.3 is 0 Å². The zero-order valence-electron chi connectivity index (χ0n) is 8.64. The van der Waals surface area contributed by atoms with Crippen molar-refractivity contribution in [1.82, 2.24) is 10.6 Å². The molecule has 2 nitrogen and oxygen atoms in total. The van der Waals surface area contributed by atoms with E-state index in [9.17, 15) is 0 Å². The van der Waals surface area contributed by atoms with Crippen LogP contribution < -0.4 is 10.6 Å². The second-order valence-corrected chi connectivity index (χ2v) is 5.67. The minimum Gasteiger partial charge on any atom is -0.299 e. The van der Waals surface area contributed by atoms with Crippen LogP contribution in [-0.2, 0) is 0 Å². The van der Waals surface area contributed by atoms with E-state index in [4.69, 9.17) is 0 Å². The molecule has 3 aliphatic rings. The Morgan fingerprint density at radius 2 is 1.92 bits per heavy atom. The van der Waals surface area contributed by atoms with Gasteiger partial charge in [0.25, 0.3) is 0 Å². The average molecular weight is 180 g/mol. The van der Waals surface area contributed by atoms with Crippen molar-refractivity contribution in [3.8, 4) is 0 Å². The van der Waals surface area contributed by atoms with Gasteiger partial charge in [-0.25, -0.2) is 0 Å². The molecule has 2 saturated carbocycles. The van der Waals surface area contributed by atoms with Gasteiger partial charge in [-0.1, -0.05) is 0 Å². The van der Waals surface area contributed by atoms with Gasteiger partial charge in [0.15, 0.2) is 0 Å². The predicted molar refractivity (Wildman–Crippen MR) is 53.3 cm³/mol. The van der Waals surface area contributed by atoms with Gasteiger partial charge in [-0.3, -0.25) is 10.6 Å². The lowest BCUT2D eigenvalue weighted by molar-refractivity contribution is 0.117. The molecule has 0 aromatic heterocycles. The molecular weight excluding hydrogens is 160 g/mol. The van der Waals surface area contributed by atoms with Gasteiger partial charge in [-0.2, -0.15) is 0 Å². The zero-order valence-corrected chi connectivity index (χ0v) is 8.64. The van der Waals surface area contributed by atoms with Crippen molar-refractivity contribution in [2.24, 2.45) is 17.8 Å². The molecular formula is C11H20N2. The van der Waals surface area contributed by atoms with Crippen LogP contribution in [0.1, 0.15) is 33.1 Å². The summed E-state index contributed by atoms with van der Waals surface area (Å²) in [5.41, 5.74) is 0.172. The number of hydrogen-bond donors (Lipinski definition) is 2. The van der Waals surface area contributed by atoms with Crippen molar-refractivity contribution >= 4 is 0 Å². The van der Waals surface area contributed by atoms with Crippen molar-refractivity contribution in [1.29, 1.82) is 0 Å². The maximum Gasteiger partial charge on any atom is 0.0631 e. The molecule has 1 heterocycles. The Morgan fingerprint density at radius 1 is 1.15 bits per heavy atom. The lowest BCUT2D eigenvalue weighted by atomic mass is 9.81. The largest absolute Gasteiger partial charge is 0.299 e. The van der Waals surface area contributed by atoms with E-state index < -0.39 is 0 Å². The van der Waals surface area contributed by atoms with Crippen LogP contribution in [0.3, 0.4) is 0 Å². The van der Waals surface area contributed by atoms with E-state index in [-0.39, 0.29) is 5.66 Å². The van der Waals surface area contributed by atoms with Crippen LogP contribution in [0, 0.1) is 17.8 Å². The Labute approximate surface area is 80.5 Å². The van der Waals surface area contributed by atoms with Gasteiger partial charge in [0.05, 0.1) is 5.66 Å². The fourth-order valence-electron chi connectivity index (χ4n) is 3.77. The molecule has 0 amide bonds. The van der Waals surface area contributed by atoms with Crippen LogP contribution in [0.4, 0.5) is 0 Å². The van der Waals surface area contributed by atoms with Gasteiger partial charge in [-0.15, -0.1) is 0 Å². The molecule has 4 unspecified atom stereocenters. The molecule has 13 heavy (non-hydrogen) atoms. The molecule has 74 valence electrons. The lowest BCUT2D eigenvalue weighted by Gasteiger charge is -2.45. The molecule has 4 atom stereocenters. The molecule has 0 aromatic carbocycles. The topological polar surface area (TPSA) is 24.1 Å². The SMILES string of the molecule is CC1(C)NCC2C3CCC(C3)C2N1. The van der Waals surface area contributed by atoms with Crippen LogP contribution in [0.5, 0.6) is 0 Å². The average Bonchev–Trinajstić information content (AvgIpc) is 2.61. The van der Waals surface area contributed by atoms with E-state index in [1.807, 2.05) is 0 Å². The van der Waals surface area contributed by atoms with Crippen LogP contribution in [0.25, 0.3) is 0 Å². The molecule has 3 fully saturated rings. The normalized spacial score (nSPS) is 52.2. The minimum atomic E-state index is 0.172. The van der Waals surface area contributed by atoms with Crippen molar-refractivity contribution in [2.75, 3.05) is 6.54 Å². The van der Waals surface area contributed by atoms with Crippen LogP contribution in [0.15, 0.2) is 0 Å². The molecule has 3 rings (SSSR count). The fraction of sp³-hybridized carbons (Fsp3) is 1.00. The third-order valence-corrected chi connectivity index (χ3v) is 4.40. The van der Waals surface area contributed by atoms with Crippen molar-refractivity contribution in [2.45, 2.75) is 44.8 Å². The van der Waals surface area contributed by atoms with E-state index in [2.05, 4.69) is 24.5 Å². The van der Waals surface area contributed by atoms with Crippen molar-refractivity contribution < 1.29 is 0 Å². The number of hydrogen-bond acceptors (Lipinski definition) is 2. The molecule has 2 bridgehead atoms. The first-order valence-electron chi connectivity index (χ1n) is 5.68. The van der Waals surface area contributed by atoms with Crippen LogP contribution >= 0.6 is 0 Å². The minimum absolute atomic E-state index is 0.172. The highest BCUT2D eigenvalue weighted by atomic mass is 15.2. The third-order valence-electron chi connectivity index (χ3n) is 4.40. The molecule has 0 aromatic rings. The summed E-state index contributed by atoms with van der Waals surface area (Å²) in [6.07, 6.45) is 4.48. The van der Waals surface area contributed by atoms with Crippen LogP contribution in [0.2, 0.25) is 0 Å². The monoisotopic (exact) mass is 180 g/mol. The van der Waals surface area contributed by atoms with E-state index in [1.165, 1.54) is 25.8 Å². The summed E-state index contributed by atoms with van der Waals surface area (Å²) in [5, 5.41) is 7.38. The molecule has 2 heteroatoms. The quantitative estimate of drug-likeness (QED) is 0.587. The highest BCUT2D eigenvalue weighted by Gasteiger charge is 2.50. The highest BCUT2D eigenvalue weighted by molar-refractivity contribution is 5.05. The van der Waals surface area contributed by atoms with Gasteiger partial charge < -0.3 is 0 Å². The molecule has 2 N–H and O–H groups in total. The molecule has 2 aliphatic carbocycles. The summed E-state index contributed by atoms with van der Waals surface area (Å²) in [4.78, 5) is 0. The summed E-state index contributed by atoms with van der Waals surface area (Å²) in [6.45, 7) is 5.76. The summed E-state index contributed by atoms with van der Waals surface area (Å²) in [5.74, 6) is 2.97. The lowest BCUT2D eigenvalue weighted by Crippen LogP contribution is -2.65. The van der Waals surface area contributed by atoms with E-state index in [1.54, 1.807) is 0 Å². The molecule has 0 spiro atoms. The first-order chi connectivity index (χ1) is 6.16. The smallest absolute Gasteiger partial charge is 0.0631 e. The van der Waals surface area contributed by atoms with E-state index >= 15 is 0 Å². The molecule has 1 aliphatic heterocycles. The second-order valence-electron chi connectivity index (χ2n) is 5.67.